The van der Waals surface area contributed by atoms with Crippen LogP contribution >= 0.6 is 11.6 Å². The molecular weight excluding hydrogens is 672 g/mol. The van der Waals surface area contributed by atoms with Crippen molar-refractivity contribution in [1.29, 1.82) is 0 Å². The van der Waals surface area contributed by atoms with E-state index in [0.29, 0.717) is 12.1 Å². The van der Waals surface area contributed by atoms with E-state index in [-0.39, 0.29) is 40.2 Å². The van der Waals surface area contributed by atoms with Crippen LogP contribution in [0.4, 0.5) is 9.59 Å². The Morgan fingerprint density at radius 2 is 1.35 bits per heavy atom. The lowest BCUT2D eigenvalue weighted by atomic mass is 9.39. The van der Waals surface area contributed by atoms with E-state index in [4.69, 9.17) is 35.6 Å². The number of carbonyl (C=O) groups is 3. The van der Waals surface area contributed by atoms with Gasteiger partial charge in [-0.3, -0.25) is 4.68 Å². The molecule has 4 aliphatic rings. The number of rotatable bonds is 8. The molecular formula is C39H57ClN4O7. The third-order valence-corrected chi connectivity index (χ3v) is 10.1. The van der Waals surface area contributed by atoms with Gasteiger partial charge in [-0.1, -0.05) is 25.4 Å². The Labute approximate surface area is 308 Å². The zero-order valence-electron chi connectivity index (χ0n) is 32.6. The maximum atomic E-state index is 13.2. The second kappa shape index (κ2) is 13.0. The number of pyridine rings is 1. The highest BCUT2D eigenvalue weighted by Crippen LogP contribution is 2.72. The van der Waals surface area contributed by atoms with Crippen LogP contribution in [-0.4, -0.2) is 73.4 Å². The molecule has 2 heterocycles. The van der Waals surface area contributed by atoms with Crippen molar-refractivity contribution in [2.75, 3.05) is 13.2 Å². The topological polar surface area (TPSA) is 122 Å². The summed E-state index contributed by atoms with van der Waals surface area (Å²) in [6, 6.07) is 3.48. The van der Waals surface area contributed by atoms with E-state index < -0.39 is 40.6 Å². The molecule has 282 valence electrons. The molecule has 0 saturated heterocycles. The largest absolute Gasteiger partial charge is 0.455 e. The van der Waals surface area contributed by atoms with Crippen molar-refractivity contribution in [3.63, 3.8) is 0 Å². The highest BCUT2D eigenvalue weighted by atomic mass is 35.5. The molecule has 51 heavy (non-hydrogen) atoms. The van der Waals surface area contributed by atoms with Crippen LogP contribution < -0.4 is 0 Å². The number of aromatic nitrogens is 3. The number of hydrogen-bond donors (Lipinski definition) is 0. The molecule has 0 radical (unpaired) electrons. The fourth-order valence-electron chi connectivity index (χ4n) is 9.72. The molecule has 4 bridgehead atoms. The predicted molar refractivity (Wildman–Crippen MR) is 195 cm³/mol. The van der Waals surface area contributed by atoms with Gasteiger partial charge in [0.25, 0.3) is 0 Å². The number of hydrogen-bond acceptors (Lipinski definition) is 9. The molecule has 4 aliphatic carbocycles. The summed E-state index contributed by atoms with van der Waals surface area (Å²) >= 11 is 6.24. The second-order valence-electron chi connectivity index (χ2n) is 19.2. The lowest BCUT2D eigenvalue weighted by Crippen LogP contribution is -2.64. The van der Waals surface area contributed by atoms with Gasteiger partial charge in [0, 0.05) is 23.4 Å². The molecule has 2 aromatic rings. The summed E-state index contributed by atoms with van der Waals surface area (Å²) in [5, 5.41) is 5.08. The Hall–Kier alpha value is -3.18. The van der Waals surface area contributed by atoms with E-state index in [1.54, 1.807) is 59.9 Å². The summed E-state index contributed by atoms with van der Waals surface area (Å²) in [5.41, 5.74) is -0.110. The number of carbonyl (C=O) groups excluding carboxylic acids is 3. The Morgan fingerprint density at radius 1 is 0.804 bits per heavy atom. The summed E-state index contributed by atoms with van der Waals surface area (Å²) in [5.74, 6) is -0.537. The highest BCUT2D eigenvalue weighted by molar-refractivity contribution is 6.29. The molecule has 4 saturated carbocycles. The monoisotopic (exact) mass is 728 g/mol. The van der Waals surface area contributed by atoms with Crippen molar-refractivity contribution in [1.82, 2.24) is 19.7 Å². The zero-order chi connectivity index (χ0) is 38.0. The Bertz CT molecular complexity index is 1640. The van der Waals surface area contributed by atoms with Crippen LogP contribution in [0.15, 0.2) is 18.3 Å². The lowest BCUT2D eigenvalue weighted by Gasteiger charge is -2.69. The fraction of sp³-hybridized carbons (Fsp3) is 0.718. The second-order valence-corrected chi connectivity index (χ2v) is 19.5. The number of halogens is 1. The van der Waals surface area contributed by atoms with Crippen molar-refractivity contribution in [3.05, 3.63) is 34.9 Å². The summed E-state index contributed by atoms with van der Waals surface area (Å²) in [6.45, 7) is 23.7. The van der Waals surface area contributed by atoms with Crippen molar-refractivity contribution < 1.29 is 33.3 Å². The fourth-order valence-corrected chi connectivity index (χ4v) is 9.87. The van der Waals surface area contributed by atoms with Crippen LogP contribution in [0, 0.1) is 23.2 Å². The third-order valence-electron chi connectivity index (χ3n) is 9.94. The van der Waals surface area contributed by atoms with E-state index in [0.717, 1.165) is 54.7 Å². The van der Waals surface area contributed by atoms with Gasteiger partial charge in [-0.15, -0.1) is 0 Å². The standard InChI is InChI=1S/C39H57ClN4O7/c1-25-27(26-13-14-28(40)42-29(26)30(45)49-33(2,3)4)17-41-44(25)24-38-19-36(11)18-37(12,20-38)22-39(21-36,23-38)48-16-15-43(31(46)50-34(5,6)7)32(47)51-35(8,9)10/h13-14,17H,15-16,18-24H2,1-12H3. The SMILES string of the molecule is Cc1c(-c2ccc(Cl)nc2C(=O)OC(C)(C)C)cnn1CC12CC3(C)CC(C)(C1)CC(OCCN(C(=O)OC(C)(C)C)C(=O)OC(C)(C)C)(C3)C2. The number of amides is 2. The van der Waals surface area contributed by atoms with Crippen LogP contribution in [0.25, 0.3) is 11.1 Å². The first-order valence-electron chi connectivity index (χ1n) is 18.0. The minimum atomic E-state index is -0.778. The van der Waals surface area contributed by atoms with Gasteiger partial charge in [-0.2, -0.15) is 5.10 Å². The normalized spacial score (nSPS) is 27.3. The minimum Gasteiger partial charge on any atom is -0.455 e. The first kappa shape index (κ1) is 39.0. The molecule has 0 aromatic carbocycles. The van der Waals surface area contributed by atoms with Gasteiger partial charge in [-0.25, -0.2) is 24.3 Å². The molecule has 2 amide bonds. The highest BCUT2D eigenvalue weighted by Gasteiger charge is 2.66. The Morgan fingerprint density at radius 3 is 1.88 bits per heavy atom. The first-order valence-corrected chi connectivity index (χ1v) is 18.4. The molecule has 4 fully saturated rings. The molecule has 2 unspecified atom stereocenters. The van der Waals surface area contributed by atoms with Crippen molar-refractivity contribution in [3.8, 4) is 11.1 Å². The van der Waals surface area contributed by atoms with Crippen LogP contribution in [0.3, 0.4) is 0 Å². The smallest absolute Gasteiger partial charge is 0.419 e. The van der Waals surface area contributed by atoms with E-state index >= 15 is 0 Å². The molecule has 2 aromatic heterocycles. The van der Waals surface area contributed by atoms with Crippen LogP contribution in [-0.2, 0) is 25.5 Å². The van der Waals surface area contributed by atoms with E-state index in [9.17, 15) is 14.4 Å². The third kappa shape index (κ3) is 9.07. The van der Waals surface area contributed by atoms with Gasteiger partial charge in [0.15, 0.2) is 5.69 Å². The molecule has 12 heteroatoms. The first-order chi connectivity index (χ1) is 23.2. The maximum Gasteiger partial charge on any atom is 0.419 e. The molecule has 2 atom stereocenters. The molecule has 0 spiro atoms. The maximum absolute atomic E-state index is 13.2. The van der Waals surface area contributed by atoms with Crippen molar-refractivity contribution >= 4 is 29.8 Å². The van der Waals surface area contributed by atoms with Gasteiger partial charge in [0.05, 0.1) is 24.9 Å². The van der Waals surface area contributed by atoms with Crippen LogP contribution in [0.5, 0.6) is 0 Å². The average molecular weight is 729 g/mol. The Balaban J connectivity index is 1.39. The van der Waals surface area contributed by atoms with Gasteiger partial charge in [0.1, 0.15) is 22.0 Å². The minimum absolute atomic E-state index is 0.0166. The van der Waals surface area contributed by atoms with Crippen molar-refractivity contribution in [2.24, 2.45) is 16.2 Å². The summed E-state index contributed by atoms with van der Waals surface area (Å²) < 4.78 is 25.7. The van der Waals surface area contributed by atoms with E-state index in [2.05, 4.69) is 23.5 Å². The molecule has 6 rings (SSSR count). The quantitative estimate of drug-likeness (QED) is 0.149. The summed E-state index contributed by atoms with van der Waals surface area (Å²) in [6.07, 6.45) is 6.16. The van der Waals surface area contributed by atoms with E-state index in [1.807, 2.05) is 27.7 Å². The summed E-state index contributed by atoms with van der Waals surface area (Å²) in [7, 11) is 0. The average Bonchev–Trinajstić information content (AvgIpc) is 3.24. The zero-order valence-corrected chi connectivity index (χ0v) is 33.4. The molecule has 11 nitrogen and oxygen atoms in total. The number of imide groups is 1. The predicted octanol–water partition coefficient (Wildman–Crippen LogP) is 9.17. The van der Waals surface area contributed by atoms with Gasteiger partial charge < -0.3 is 18.9 Å². The van der Waals surface area contributed by atoms with Crippen molar-refractivity contribution in [2.45, 2.75) is 151 Å². The van der Waals surface area contributed by atoms with Gasteiger partial charge >= 0.3 is 18.2 Å². The van der Waals surface area contributed by atoms with Gasteiger partial charge in [-0.05, 0) is 136 Å². The molecule has 0 N–H and O–H groups in total. The summed E-state index contributed by atoms with van der Waals surface area (Å²) in [4.78, 5) is 44.9. The number of ether oxygens (including phenoxy) is 4. The number of nitrogens with zero attached hydrogens (tertiary/aromatic N) is 4. The lowest BCUT2D eigenvalue weighted by molar-refractivity contribution is -0.248. The van der Waals surface area contributed by atoms with Crippen LogP contribution in [0.2, 0.25) is 5.15 Å². The number of esters is 1. The molecule has 0 aliphatic heterocycles. The van der Waals surface area contributed by atoms with E-state index in [1.165, 1.54) is 0 Å². The Kier molecular flexibility index (Phi) is 9.98. The van der Waals surface area contributed by atoms with Gasteiger partial charge in [0.2, 0.25) is 0 Å². The van der Waals surface area contributed by atoms with Crippen LogP contribution in [0.1, 0.15) is 131 Å².